The second-order valence-corrected chi connectivity index (χ2v) is 6.49. The number of benzene rings is 2. The fourth-order valence-corrected chi connectivity index (χ4v) is 3.37. The van der Waals surface area contributed by atoms with E-state index in [1.54, 1.807) is 18.3 Å². The van der Waals surface area contributed by atoms with Crippen LogP contribution in [0.25, 0.3) is 0 Å². The highest BCUT2D eigenvalue weighted by Crippen LogP contribution is 2.36. The Morgan fingerprint density at radius 2 is 1.96 bits per heavy atom. The Morgan fingerprint density at radius 3 is 2.81 bits per heavy atom. The lowest BCUT2D eigenvalue weighted by Crippen LogP contribution is -2.25. The van der Waals surface area contributed by atoms with Crippen LogP contribution in [0, 0.1) is 5.82 Å². The van der Waals surface area contributed by atoms with Crippen LogP contribution >= 0.6 is 0 Å². The van der Waals surface area contributed by atoms with Crippen molar-refractivity contribution in [2.45, 2.75) is 25.8 Å². The highest BCUT2D eigenvalue weighted by Gasteiger charge is 2.28. The van der Waals surface area contributed by atoms with Gasteiger partial charge in [-0.2, -0.15) is 10.1 Å². The minimum Gasteiger partial charge on any atom is -0.353 e. The fraction of sp³-hybridized carbons (Fsp3) is 0.250. The average Bonchev–Trinajstić information content (AvgIpc) is 2.99. The van der Waals surface area contributed by atoms with Crippen molar-refractivity contribution in [1.82, 2.24) is 15.2 Å². The van der Waals surface area contributed by atoms with Gasteiger partial charge in [-0.1, -0.05) is 30.3 Å². The van der Waals surface area contributed by atoms with Crippen molar-refractivity contribution in [2.75, 3.05) is 16.8 Å². The first-order valence-corrected chi connectivity index (χ1v) is 8.76. The van der Waals surface area contributed by atoms with Crippen LogP contribution in [0.5, 0.6) is 0 Å². The van der Waals surface area contributed by atoms with Crippen LogP contribution in [-0.2, 0) is 12.8 Å². The van der Waals surface area contributed by atoms with Gasteiger partial charge in [0.2, 0.25) is 5.95 Å². The summed E-state index contributed by atoms with van der Waals surface area (Å²) in [5.41, 5.74) is 3.56. The third kappa shape index (κ3) is 3.35. The van der Waals surface area contributed by atoms with E-state index >= 15 is 0 Å². The van der Waals surface area contributed by atoms with Crippen molar-refractivity contribution >= 4 is 17.5 Å². The molecule has 3 aromatic rings. The molecule has 6 heteroatoms. The number of nitrogens with zero attached hydrogens (tertiary/aromatic N) is 4. The summed E-state index contributed by atoms with van der Waals surface area (Å²) in [6.07, 6.45) is 3.45. The predicted molar refractivity (Wildman–Crippen MR) is 100 cm³/mol. The van der Waals surface area contributed by atoms with Gasteiger partial charge in [-0.25, -0.2) is 4.39 Å². The van der Waals surface area contributed by atoms with E-state index in [0.29, 0.717) is 18.5 Å². The number of rotatable bonds is 5. The maximum Gasteiger partial charge on any atom is 0.244 e. The van der Waals surface area contributed by atoms with Crippen molar-refractivity contribution in [3.8, 4) is 0 Å². The van der Waals surface area contributed by atoms with Crippen LogP contribution in [0.1, 0.15) is 18.1 Å². The molecule has 0 saturated heterocycles. The number of para-hydroxylation sites is 1. The van der Waals surface area contributed by atoms with E-state index < -0.39 is 0 Å². The van der Waals surface area contributed by atoms with E-state index in [-0.39, 0.29) is 5.82 Å². The molecule has 0 radical (unpaired) electrons. The lowest BCUT2D eigenvalue weighted by molar-refractivity contribution is 0.627. The molecule has 5 nitrogen and oxygen atoms in total. The molecule has 0 spiro atoms. The Labute approximate surface area is 151 Å². The number of hydrogen-bond donors (Lipinski definition) is 1. The monoisotopic (exact) mass is 349 g/mol. The second-order valence-electron chi connectivity index (χ2n) is 6.49. The lowest BCUT2D eigenvalue weighted by atomic mass is 10.1. The molecule has 1 N–H and O–H groups in total. The molecular formula is C20H20FN5. The topological polar surface area (TPSA) is 53.9 Å². The van der Waals surface area contributed by atoms with Crippen molar-refractivity contribution in [3.05, 3.63) is 71.7 Å². The third-order valence-electron chi connectivity index (χ3n) is 4.61. The average molecular weight is 349 g/mol. The van der Waals surface area contributed by atoms with E-state index in [2.05, 4.69) is 50.5 Å². The smallest absolute Gasteiger partial charge is 0.244 e. The normalized spacial score (nSPS) is 15.8. The first kappa shape index (κ1) is 16.4. The molecule has 1 aromatic heterocycles. The van der Waals surface area contributed by atoms with Gasteiger partial charge >= 0.3 is 0 Å². The molecule has 0 saturated carbocycles. The minimum atomic E-state index is -0.220. The summed E-state index contributed by atoms with van der Waals surface area (Å²) >= 11 is 0. The van der Waals surface area contributed by atoms with Crippen molar-refractivity contribution in [3.63, 3.8) is 0 Å². The summed E-state index contributed by atoms with van der Waals surface area (Å²) in [5.74, 6) is 1.07. The predicted octanol–water partition coefficient (Wildman–Crippen LogP) is 3.75. The zero-order valence-electron chi connectivity index (χ0n) is 14.6. The number of halogens is 1. The molecule has 2 heterocycles. The Kier molecular flexibility index (Phi) is 4.48. The summed E-state index contributed by atoms with van der Waals surface area (Å²) in [7, 11) is 0. The van der Waals surface area contributed by atoms with E-state index in [1.807, 2.05) is 6.07 Å². The summed E-state index contributed by atoms with van der Waals surface area (Å²) in [5, 5.41) is 11.4. The number of hydrogen-bond acceptors (Lipinski definition) is 5. The van der Waals surface area contributed by atoms with Gasteiger partial charge in [0.1, 0.15) is 5.82 Å². The first-order valence-electron chi connectivity index (χ1n) is 8.76. The van der Waals surface area contributed by atoms with Gasteiger partial charge in [0.05, 0.1) is 6.20 Å². The van der Waals surface area contributed by atoms with Crippen molar-refractivity contribution in [2.24, 2.45) is 0 Å². The summed E-state index contributed by atoms with van der Waals surface area (Å²) < 4.78 is 13.0. The van der Waals surface area contributed by atoms with Crippen molar-refractivity contribution < 1.29 is 4.39 Å². The van der Waals surface area contributed by atoms with E-state index in [1.165, 1.54) is 23.4 Å². The third-order valence-corrected chi connectivity index (χ3v) is 4.61. The van der Waals surface area contributed by atoms with E-state index in [4.69, 9.17) is 0 Å². The van der Waals surface area contributed by atoms with Gasteiger partial charge in [0.25, 0.3) is 0 Å². The Hall–Kier alpha value is -3.02. The first-order chi connectivity index (χ1) is 12.7. The van der Waals surface area contributed by atoms with Crippen LogP contribution in [-0.4, -0.2) is 27.8 Å². The van der Waals surface area contributed by atoms with Gasteiger partial charge in [0, 0.05) is 18.3 Å². The van der Waals surface area contributed by atoms with E-state index in [0.717, 1.165) is 24.2 Å². The van der Waals surface area contributed by atoms with Crippen LogP contribution in [0.2, 0.25) is 0 Å². The number of fused-ring (bicyclic) bond motifs is 1. The molecule has 1 unspecified atom stereocenters. The van der Waals surface area contributed by atoms with Crippen LogP contribution < -0.4 is 10.2 Å². The van der Waals surface area contributed by atoms with Gasteiger partial charge in [-0.15, -0.1) is 5.10 Å². The van der Waals surface area contributed by atoms with Crippen LogP contribution in [0.3, 0.4) is 0 Å². The summed E-state index contributed by atoms with van der Waals surface area (Å²) in [6, 6.07) is 15.2. The maximum atomic E-state index is 13.0. The molecule has 0 fully saturated rings. The Morgan fingerprint density at radius 1 is 1.15 bits per heavy atom. The molecular weight excluding hydrogens is 329 g/mol. The number of nitrogens with one attached hydrogen (secondary N) is 1. The molecule has 2 aromatic carbocycles. The maximum absolute atomic E-state index is 13.0. The molecule has 0 aliphatic carbocycles. The molecule has 1 aliphatic rings. The molecule has 1 atom stereocenters. The van der Waals surface area contributed by atoms with Gasteiger partial charge < -0.3 is 10.2 Å². The van der Waals surface area contributed by atoms with Crippen LogP contribution in [0.4, 0.5) is 21.8 Å². The number of aromatic nitrogens is 3. The van der Waals surface area contributed by atoms with Gasteiger partial charge in [0.15, 0.2) is 5.82 Å². The zero-order chi connectivity index (χ0) is 17.9. The van der Waals surface area contributed by atoms with E-state index in [9.17, 15) is 4.39 Å². The Balaban J connectivity index is 1.46. The standard InChI is InChI=1S/C20H20FN5/c1-14-12-16-4-2-3-5-18(16)26(14)19-13-23-25-20(24-19)22-11-10-15-6-8-17(21)9-7-15/h2-9,13-14H,10-12H2,1H3,(H,22,24,25). The second kappa shape index (κ2) is 7.07. The molecule has 132 valence electrons. The highest BCUT2D eigenvalue weighted by atomic mass is 19.1. The van der Waals surface area contributed by atoms with Gasteiger partial charge in [-0.05, 0) is 49.1 Å². The lowest BCUT2D eigenvalue weighted by Gasteiger charge is -2.23. The quantitative estimate of drug-likeness (QED) is 0.760. The molecule has 0 bridgehead atoms. The highest BCUT2D eigenvalue weighted by molar-refractivity contribution is 5.68. The number of anilines is 3. The van der Waals surface area contributed by atoms with Gasteiger partial charge in [-0.3, -0.25) is 0 Å². The minimum absolute atomic E-state index is 0.220. The van der Waals surface area contributed by atoms with Crippen molar-refractivity contribution in [1.29, 1.82) is 0 Å². The SMILES string of the molecule is CC1Cc2ccccc2N1c1cnnc(NCCc2ccc(F)cc2)n1. The molecule has 0 amide bonds. The zero-order valence-corrected chi connectivity index (χ0v) is 14.6. The summed E-state index contributed by atoms with van der Waals surface area (Å²) in [6.45, 7) is 2.84. The largest absolute Gasteiger partial charge is 0.353 e. The Bertz CT molecular complexity index is 897. The molecule has 4 rings (SSSR count). The molecule has 1 aliphatic heterocycles. The molecule has 26 heavy (non-hydrogen) atoms. The van der Waals surface area contributed by atoms with Crippen LogP contribution in [0.15, 0.2) is 54.7 Å². The fourth-order valence-electron chi connectivity index (χ4n) is 3.37. The summed E-state index contributed by atoms with van der Waals surface area (Å²) in [4.78, 5) is 6.83.